The summed E-state index contributed by atoms with van der Waals surface area (Å²) in [6.07, 6.45) is 3.69. The van der Waals surface area contributed by atoms with Gasteiger partial charge in [-0.15, -0.1) is 0 Å². The van der Waals surface area contributed by atoms with Crippen LogP contribution in [0.2, 0.25) is 0 Å². The van der Waals surface area contributed by atoms with Gasteiger partial charge in [0.15, 0.2) is 0 Å². The number of hydrogen-bond acceptors (Lipinski definition) is 0. The van der Waals surface area contributed by atoms with E-state index in [1.165, 1.54) is 41.4 Å². The molecule has 0 amide bonds. The number of hydrogen-bond donors (Lipinski definition) is 0. The van der Waals surface area contributed by atoms with Gasteiger partial charge >= 0.3 is 0 Å². The molecule has 2 aliphatic rings. The van der Waals surface area contributed by atoms with Crippen LogP contribution in [0.25, 0.3) is 16.8 Å². The van der Waals surface area contributed by atoms with Gasteiger partial charge in [0, 0.05) is 5.41 Å². The standard InChI is InChI=1S/C19H22N/c1-19-11-15-9-8-14-6-4-5-7-17(14)18(15)10-16(19)12-20(2,3)13-19/h4-10H,11-13H2,1-3H3/q+1/t19-/m1/s1. The monoisotopic (exact) mass is 264 g/mol. The van der Waals surface area contributed by atoms with E-state index in [0.29, 0.717) is 5.41 Å². The Kier molecular flexibility index (Phi) is 2.27. The lowest BCUT2D eigenvalue weighted by Crippen LogP contribution is -2.39. The molecule has 2 aromatic carbocycles. The first kappa shape index (κ1) is 12.2. The zero-order valence-corrected chi connectivity index (χ0v) is 12.6. The Hall–Kier alpha value is -1.60. The van der Waals surface area contributed by atoms with Crippen LogP contribution in [0.3, 0.4) is 0 Å². The molecule has 1 heterocycles. The van der Waals surface area contributed by atoms with Gasteiger partial charge in [0.2, 0.25) is 0 Å². The van der Waals surface area contributed by atoms with Crippen molar-refractivity contribution < 1.29 is 4.48 Å². The van der Waals surface area contributed by atoms with Crippen molar-refractivity contribution in [3.63, 3.8) is 0 Å². The van der Waals surface area contributed by atoms with E-state index in [4.69, 9.17) is 0 Å². The van der Waals surface area contributed by atoms with E-state index in [2.05, 4.69) is 63.5 Å². The van der Waals surface area contributed by atoms with Crippen LogP contribution in [0.5, 0.6) is 0 Å². The van der Waals surface area contributed by atoms with Gasteiger partial charge < -0.3 is 4.48 Å². The van der Waals surface area contributed by atoms with E-state index < -0.39 is 0 Å². The van der Waals surface area contributed by atoms with E-state index in [0.717, 1.165) is 4.48 Å². The summed E-state index contributed by atoms with van der Waals surface area (Å²) in [5, 5.41) is 2.77. The van der Waals surface area contributed by atoms with Crippen LogP contribution in [-0.4, -0.2) is 31.7 Å². The smallest absolute Gasteiger partial charge is 0.101 e. The Morgan fingerprint density at radius 3 is 2.70 bits per heavy atom. The van der Waals surface area contributed by atoms with Crippen molar-refractivity contribution in [2.24, 2.45) is 5.41 Å². The van der Waals surface area contributed by atoms with Gasteiger partial charge in [0.1, 0.15) is 6.54 Å². The van der Waals surface area contributed by atoms with Crippen LogP contribution in [0.1, 0.15) is 18.1 Å². The lowest BCUT2D eigenvalue weighted by molar-refractivity contribution is -0.879. The normalized spacial score (nSPS) is 27.1. The van der Waals surface area contributed by atoms with Gasteiger partial charge in [-0.3, -0.25) is 0 Å². The molecule has 1 fully saturated rings. The molecule has 1 atom stereocenters. The van der Waals surface area contributed by atoms with E-state index in [9.17, 15) is 0 Å². The molecule has 0 bridgehead atoms. The largest absolute Gasteiger partial charge is 0.324 e. The number of likely N-dealkylation sites (tertiary alicyclic amines) is 1. The van der Waals surface area contributed by atoms with E-state index in [-0.39, 0.29) is 0 Å². The van der Waals surface area contributed by atoms with Crippen LogP contribution in [0.4, 0.5) is 0 Å². The average Bonchev–Trinajstić information content (AvgIpc) is 2.63. The fourth-order valence-corrected chi connectivity index (χ4v) is 4.40. The first-order valence-electron chi connectivity index (χ1n) is 7.51. The zero-order valence-electron chi connectivity index (χ0n) is 12.6. The zero-order chi connectivity index (χ0) is 14.0. The highest BCUT2D eigenvalue weighted by Gasteiger charge is 2.46. The van der Waals surface area contributed by atoms with Gasteiger partial charge in [-0.1, -0.05) is 36.4 Å². The summed E-state index contributed by atoms with van der Waals surface area (Å²) in [6, 6.07) is 13.4. The van der Waals surface area contributed by atoms with E-state index in [1.54, 1.807) is 5.57 Å². The van der Waals surface area contributed by atoms with Crippen molar-refractivity contribution in [1.29, 1.82) is 0 Å². The Labute approximate surface area is 121 Å². The molecule has 0 aromatic heterocycles. The summed E-state index contributed by atoms with van der Waals surface area (Å²) in [4.78, 5) is 0. The van der Waals surface area contributed by atoms with Gasteiger partial charge in [-0.05, 0) is 46.9 Å². The Balaban J connectivity index is 1.95. The second-order valence-corrected chi connectivity index (χ2v) is 7.52. The third-order valence-electron chi connectivity index (χ3n) is 5.11. The number of rotatable bonds is 0. The molecule has 1 saturated heterocycles. The van der Waals surface area contributed by atoms with Crippen molar-refractivity contribution in [2.45, 2.75) is 13.3 Å². The first-order chi connectivity index (χ1) is 9.47. The highest BCUT2D eigenvalue weighted by molar-refractivity contribution is 5.93. The molecular formula is C19H22N+. The molecule has 0 radical (unpaired) electrons. The Morgan fingerprint density at radius 2 is 1.85 bits per heavy atom. The maximum atomic E-state index is 2.49. The number of quaternary nitrogens is 1. The van der Waals surface area contributed by atoms with Gasteiger partial charge in [0.25, 0.3) is 0 Å². The van der Waals surface area contributed by atoms with Crippen LogP contribution in [0.15, 0.2) is 42.0 Å². The molecule has 0 unspecified atom stereocenters. The van der Waals surface area contributed by atoms with Crippen molar-refractivity contribution in [1.82, 2.24) is 0 Å². The summed E-state index contributed by atoms with van der Waals surface area (Å²) in [7, 11) is 4.71. The molecule has 102 valence electrons. The van der Waals surface area contributed by atoms with Crippen LogP contribution < -0.4 is 0 Å². The summed E-state index contributed by atoms with van der Waals surface area (Å²) >= 11 is 0. The molecule has 1 heteroatoms. The summed E-state index contributed by atoms with van der Waals surface area (Å²) < 4.78 is 1.12. The summed E-state index contributed by atoms with van der Waals surface area (Å²) in [6.45, 7) is 4.90. The minimum atomic E-state index is 0.360. The van der Waals surface area contributed by atoms with E-state index >= 15 is 0 Å². The molecule has 4 rings (SSSR count). The molecule has 1 nitrogen and oxygen atoms in total. The molecule has 20 heavy (non-hydrogen) atoms. The van der Waals surface area contributed by atoms with Gasteiger partial charge in [-0.25, -0.2) is 0 Å². The van der Waals surface area contributed by atoms with Crippen LogP contribution in [-0.2, 0) is 6.42 Å². The fourth-order valence-electron chi connectivity index (χ4n) is 4.40. The predicted molar refractivity (Wildman–Crippen MR) is 85.6 cm³/mol. The molecule has 2 aromatic rings. The second-order valence-electron chi connectivity index (χ2n) is 7.52. The predicted octanol–water partition coefficient (Wildman–Crippen LogP) is 3.88. The summed E-state index contributed by atoms with van der Waals surface area (Å²) in [5.41, 5.74) is 5.00. The molecule has 0 spiro atoms. The molecule has 0 N–H and O–H groups in total. The SMILES string of the molecule is C[C@]12Cc3ccc4ccccc4c3C=C1C[N+](C)(C)C2. The second kappa shape index (κ2) is 3.73. The third-order valence-corrected chi connectivity index (χ3v) is 5.11. The van der Waals surface area contributed by atoms with Crippen molar-refractivity contribution in [3.8, 4) is 0 Å². The number of fused-ring (bicyclic) bond motifs is 4. The van der Waals surface area contributed by atoms with Gasteiger partial charge in [-0.2, -0.15) is 0 Å². The highest BCUT2D eigenvalue weighted by atomic mass is 15.3. The minimum absolute atomic E-state index is 0.360. The van der Waals surface area contributed by atoms with E-state index in [1.807, 2.05) is 0 Å². The topological polar surface area (TPSA) is 0 Å². The Morgan fingerprint density at radius 1 is 1.05 bits per heavy atom. The van der Waals surface area contributed by atoms with Crippen LogP contribution in [0, 0.1) is 5.41 Å². The van der Waals surface area contributed by atoms with Gasteiger partial charge in [0.05, 0.1) is 20.6 Å². The molecular weight excluding hydrogens is 242 g/mol. The lowest BCUT2D eigenvalue weighted by Gasteiger charge is -2.30. The average molecular weight is 264 g/mol. The minimum Gasteiger partial charge on any atom is -0.324 e. The maximum absolute atomic E-state index is 2.49. The first-order valence-corrected chi connectivity index (χ1v) is 7.51. The molecule has 1 aliphatic carbocycles. The quantitative estimate of drug-likeness (QED) is 0.634. The molecule has 1 aliphatic heterocycles. The van der Waals surface area contributed by atoms with Crippen molar-refractivity contribution in [2.75, 3.05) is 27.2 Å². The lowest BCUT2D eigenvalue weighted by atomic mass is 9.73. The number of benzene rings is 2. The maximum Gasteiger partial charge on any atom is 0.101 e. The Bertz CT molecular complexity index is 739. The third kappa shape index (κ3) is 1.66. The highest BCUT2D eigenvalue weighted by Crippen LogP contribution is 2.46. The molecule has 0 saturated carbocycles. The van der Waals surface area contributed by atoms with Crippen molar-refractivity contribution in [3.05, 3.63) is 53.1 Å². The van der Waals surface area contributed by atoms with Crippen molar-refractivity contribution >= 4 is 16.8 Å². The van der Waals surface area contributed by atoms with Crippen LogP contribution >= 0.6 is 0 Å². The summed E-state index contributed by atoms with van der Waals surface area (Å²) in [5.74, 6) is 0. The number of nitrogens with zero attached hydrogens (tertiary/aromatic N) is 1. The number of likely N-dealkylation sites (N-methyl/N-ethyl adjacent to an activating group) is 1. The fraction of sp³-hybridized carbons (Fsp3) is 0.368.